The summed E-state index contributed by atoms with van der Waals surface area (Å²) in [5, 5.41) is 4.97. The molecule has 5 heteroatoms. The standard InChI is InChI=1S/C21H21N3OS/c22-20(14-3-1-4-14)17-7-6-15(13-18(17)19-5-2-12-26-19)21(25)24-16-8-10-23-11-9-16/h2,5-14,20H,1,3-4,22H2,(H,23,24,25). The lowest BCUT2D eigenvalue weighted by atomic mass is 9.76. The van der Waals surface area contributed by atoms with E-state index in [9.17, 15) is 4.79 Å². The van der Waals surface area contributed by atoms with Crippen molar-refractivity contribution < 1.29 is 4.79 Å². The Morgan fingerprint density at radius 3 is 2.65 bits per heavy atom. The average Bonchev–Trinajstić information content (AvgIpc) is 3.15. The third-order valence-corrected chi connectivity index (χ3v) is 5.96. The number of amides is 1. The molecule has 4 rings (SSSR count). The molecule has 1 fully saturated rings. The lowest BCUT2D eigenvalue weighted by molar-refractivity contribution is 0.102. The van der Waals surface area contributed by atoms with Crippen LogP contribution in [0.3, 0.4) is 0 Å². The van der Waals surface area contributed by atoms with E-state index in [1.165, 1.54) is 19.3 Å². The molecule has 1 atom stereocenters. The molecule has 2 aromatic heterocycles. The normalized spacial score (nSPS) is 15.3. The van der Waals surface area contributed by atoms with Crippen molar-refractivity contribution >= 4 is 22.9 Å². The van der Waals surface area contributed by atoms with Crippen LogP contribution in [0, 0.1) is 5.92 Å². The third-order valence-electron chi connectivity index (χ3n) is 5.06. The average molecular weight is 363 g/mol. The van der Waals surface area contributed by atoms with E-state index >= 15 is 0 Å². The second kappa shape index (κ2) is 7.40. The predicted octanol–water partition coefficient (Wildman–Crippen LogP) is 4.86. The minimum absolute atomic E-state index is 0.0261. The molecular formula is C21H21N3OS. The SMILES string of the molecule is NC(c1ccc(C(=O)Nc2ccncc2)cc1-c1cccs1)C1CCC1. The van der Waals surface area contributed by atoms with Crippen LogP contribution in [0.15, 0.2) is 60.2 Å². The molecule has 0 saturated heterocycles. The number of aromatic nitrogens is 1. The molecule has 0 aliphatic heterocycles. The zero-order valence-corrected chi connectivity index (χ0v) is 15.2. The molecular weight excluding hydrogens is 342 g/mol. The molecule has 0 radical (unpaired) electrons. The maximum Gasteiger partial charge on any atom is 0.255 e. The van der Waals surface area contributed by atoms with Gasteiger partial charge in [0.15, 0.2) is 0 Å². The van der Waals surface area contributed by atoms with Gasteiger partial charge in [0.2, 0.25) is 0 Å². The van der Waals surface area contributed by atoms with E-state index in [-0.39, 0.29) is 11.9 Å². The summed E-state index contributed by atoms with van der Waals surface area (Å²) in [6.45, 7) is 0. The number of hydrogen-bond donors (Lipinski definition) is 2. The molecule has 4 nitrogen and oxygen atoms in total. The van der Waals surface area contributed by atoms with Crippen molar-refractivity contribution in [3.63, 3.8) is 0 Å². The lowest BCUT2D eigenvalue weighted by Crippen LogP contribution is -2.27. The summed E-state index contributed by atoms with van der Waals surface area (Å²) in [7, 11) is 0. The Morgan fingerprint density at radius 1 is 1.19 bits per heavy atom. The van der Waals surface area contributed by atoms with Crippen LogP contribution in [-0.4, -0.2) is 10.9 Å². The van der Waals surface area contributed by atoms with E-state index in [1.54, 1.807) is 35.9 Å². The summed E-state index contributed by atoms with van der Waals surface area (Å²) >= 11 is 1.67. The van der Waals surface area contributed by atoms with E-state index in [2.05, 4.69) is 21.7 Å². The van der Waals surface area contributed by atoms with Crippen LogP contribution in [0.4, 0.5) is 5.69 Å². The summed E-state index contributed by atoms with van der Waals surface area (Å²) in [5.74, 6) is 0.419. The summed E-state index contributed by atoms with van der Waals surface area (Å²) in [6, 6.07) is 13.6. The first-order chi connectivity index (χ1) is 12.7. The Bertz CT molecular complexity index is 889. The van der Waals surface area contributed by atoms with Gasteiger partial charge >= 0.3 is 0 Å². The van der Waals surface area contributed by atoms with Crippen LogP contribution >= 0.6 is 11.3 Å². The Labute approximate surface area is 157 Å². The van der Waals surface area contributed by atoms with E-state index < -0.39 is 0 Å². The Balaban J connectivity index is 1.66. The van der Waals surface area contributed by atoms with Gasteiger partial charge in [-0.3, -0.25) is 9.78 Å². The van der Waals surface area contributed by atoms with Gasteiger partial charge in [-0.05, 0) is 65.6 Å². The zero-order chi connectivity index (χ0) is 17.9. The minimum Gasteiger partial charge on any atom is -0.324 e. The first-order valence-corrected chi connectivity index (χ1v) is 9.75. The molecule has 3 N–H and O–H groups in total. The van der Waals surface area contributed by atoms with Gasteiger partial charge in [0, 0.05) is 34.6 Å². The first kappa shape index (κ1) is 16.9. The fourth-order valence-electron chi connectivity index (χ4n) is 3.32. The summed E-state index contributed by atoms with van der Waals surface area (Å²) in [4.78, 5) is 17.8. The van der Waals surface area contributed by atoms with Gasteiger partial charge in [0.1, 0.15) is 0 Å². The maximum atomic E-state index is 12.7. The highest BCUT2D eigenvalue weighted by Gasteiger charge is 2.28. The molecule has 3 aromatic rings. The highest BCUT2D eigenvalue weighted by atomic mass is 32.1. The highest BCUT2D eigenvalue weighted by Crippen LogP contribution is 2.40. The van der Waals surface area contributed by atoms with Crippen molar-refractivity contribution in [3.8, 4) is 10.4 Å². The predicted molar refractivity (Wildman–Crippen MR) is 106 cm³/mol. The van der Waals surface area contributed by atoms with Gasteiger partial charge in [0.05, 0.1) is 0 Å². The molecule has 0 bridgehead atoms. The number of hydrogen-bond acceptors (Lipinski definition) is 4. The summed E-state index contributed by atoms with van der Waals surface area (Å²) in [5.41, 5.74) is 10.1. The van der Waals surface area contributed by atoms with Crippen molar-refractivity contribution in [1.29, 1.82) is 0 Å². The quantitative estimate of drug-likeness (QED) is 0.680. The number of carbonyl (C=O) groups is 1. The Hall–Kier alpha value is -2.50. The number of thiophene rings is 1. The number of nitrogens with zero attached hydrogens (tertiary/aromatic N) is 1. The van der Waals surface area contributed by atoms with E-state index in [4.69, 9.17) is 5.73 Å². The second-order valence-electron chi connectivity index (χ2n) is 6.69. The van der Waals surface area contributed by atoms with Gasteiger partial charge in [-0.25, -0.2) is 0 Å². The Kier molecular flexibility index (Phi) is 4.82. The van der Waals surface area contributed by atoms with Gasteiger partial charge in [-0.1, -0.05) is 18.6 Å². The number of nitrogens with one attached hydrogen (secondary N) is 1. The molecule has 1 aromatic carbocycles. The number of rotatable bonds is 5. The van der Waals surface area contributed by atoms with Crippen LogP contribution in [-0.2, 0) is 0 Å². The van der Waals surface area contributed by atoms with Crippen molar-refractivity contribution in [2.24, 2.45) is 11.7 Å². The van der Waals surface area contributed by atoms with E-state index in [0.717, 1.165) is 21.7 Å². The Morgan fingerprint density at radius 2 is 2.00 bits per heavy atom. The largest absolute Gasteiger partial charge is 0.324 e. The maximum absolute atomic E-state index is 12.7. The van der Waals surface area contributed by atoms with Crippen molar-refractivity contribution in [2.45, 2.75) is 25.3 Å². The molecule has 1 amide bonds. The van der Waals surface area contributed by atoms with Gasteiger partial charge in [0.25, 0.3) is 5.91 Å². The van der Waals surface area contributed by atoms with Gasteiger partial charge < -0.3 is 11.1 Å². The van der Waals surface area contributed by atoms with Gasteiger partial charge in [-0.15, -0.1) is 11.3 Å². The van der Waals surface area contributed by atoms with E-state index in [1.807, 2.05) is 24.3 Å². The lowest BCUT2D eigenvalue weighted by Gasteiger charge is -2.32. The molecule has 2 heterocycles. The number of benzene rings is 1. The number of anilines is 1. The van der Waals surface area contributed by atoms with Crippen LogP contribution < -0.4 is 11.1 Å². The smallest absolute Gasteiger partial charge is 0.255 e. The van der Waals surface area contributed by atoms with E-state index in [0.29, 0.717) is 11.5 Å². The van der Waals surface area contributed by atoms with Gasteiger partial charge in [-0.2, -0.15) is 0 Å². The van der Waals surface area contributed by atoms with Crippen LogP contribution in [0.5, 0.6) is 0 Å². The molecule has 1 aliphatic carbocycles. The highest BCUT2D eigenvalue weighted by molar-refractivity contribution is 7.13. The zero-order valence-electron chi connectivity index (χ0n) is 14.4. The number of carbonyl (C=O) groups excluding carboxylic acids is 1. The minimum atomic E-state index is -0.127. The summed E-state index contributed by atoms with van der Waals surface area (Å²) < 4.78 is 0. The molecule has 1 saturated carbocycles. The summed E-state index contributed by atoms with van der Waals surface area (Å²) in [6.07, 6.45) is 6.96. The van der Waals surface area contributed by atoms with Crippen molar-refractivity contribution in [2.75, 3.05) is 5.32 Å². The molecule has 0 spiro atoms. The molecule has 1 aliphatic rings. The third kappa shape index (κ3) is 3.41. The fraction of sp³-hybridized carbons (Fsp3) is 0.238. The monoisotopic (exact) mass is 363 g/mol. The van der Waals surface area contributed by atoms with Crippen LogP contribution in [0.1, 0.15) is 41.2 Å². The number of nitrogens with two attached hydrogens (primary N) is 1. The molecule has 132 valence electrons. The van der Waals surface area contributed by atoms with Crippen molar-refractivity contribution in [3.05, 3.63) is 71.4 Å². The first-order valence-electron chi connectivity index (χ1n) is 8.87. The second-order valence-corrected chi connectivity index (χ2v) is 7.63. The number of pyridine rings is 1. The topological polar surface area (TPSA) is 68.0 Å². The van der Waals surface area contributed by atoms with Crippen LogP contribution in [0.25, 0.3) is 10.4 Å². The molecule has 1 unspecified atom stereocenters. The van der Waals surface area contributed by atoms with Crippen LogP contribution in [0.2, 0.25) is 0 Å². The fourth-order valence-corrected chi connectivity index (χ4v) is 4.09. The van der Waals surface area contributed by atoms with Crippen molar-refractivity contribution in [1.82, 2.24) is 4.98 Å². The molecule has 26 heavy (non-hydrogen) atoms.